The van der Waals surface area contributed by atoms with E-state index < -0.39 is 10.0 Å². The third-order valence-electron chi connectivity index (χ3n) is 4.96. The van der Waals surface area contributed by atoms with Crippen molar-refractivity contribution in [3.8, 4) is 0 Å². The van der Waals surface area contributed by atoms with Crippen molar-refractivity contribution >= 4 is 37.6 Å². The van der Waals surface area contributed by atoms with Crippen LogP contribution in [0.3, 0.4) is 0 Å². The first-order chi connectivity index (χ1) is 9.87. The Labute approximate surface area is 139 Å². The molecule has 0 aromatic heterocycles. The minimum atomic E-state index is -3.56. The largest absolute Gasteiger partial charge is 0.242 e. The van der Waals surface area contributed by atoms with Gasteiger partial charge in [0.05, 0.1) is 5.02 Å². The summed E-state index contributed by atoms with van der Waals surface area (Å²) < 4.78 is 28.7. The van der Waals surface area contributed by atoms with Gasteiger partial charge in [-0.2, -0.15) is 0 Å². The zero-order valence-corrected chi connectivity index (χ0v) is 15.0. The molecule has 0 aliphatic heterocycles. The smallest absolute Gasteiger partial charge is 0.208 e. The molecule has 0 radical (unpaired) electrons. The molecule has 4 unspecified atom stereocenters. The van der Waals surface area contributed by atoms with Crippen LogP contribution in [0.2, 0.25) is 5.02 Å². The van der Waals surface area contributed by atoms with Crippen LogP contribution in [-0.4, -0.2) is 14.5 Å². The highest BCUT2D eigenvalue weighted by Crippen LogP contribution is 2.49. The molecule has 2 saturated carbocycles. The van der Waals surface area contributed by atoms with Gasteiger partial charge < -0.3 is 0 Å². The van der Waals surface area contributed by atoms with Gasteiger partial charge in [-0.1, -0.05) is 34.0 Å². The van der Waals surface area contributed by atoms with E-state index in [1.54, 1.807) is 18.2 Å². The lowest BCUT2D eigenvalue weighted by molar-refractivity contribution is 0.280. The van der Waals surface area contributed by atoms with Crippen LogP contribution in [0.1, 0.15) is 32.6 Å². The molecule has 2 aliphatic rings. The summed E-state index contributed by atoms with van der Waals surface area (Å²) in [6, 6.07) is 4.81. The monoisotopic (exact) mass is 391 g/mol. The SMILES string of the molecule is CC(NS(=O)(=O)c1ccc(Br)cc1Cl)C1CC2CCC1C2. The number of halogens is 2. The second-order valence-corrected chi connectivity index (χ2v) is 9.33. The van der Waals surface area contributed by atoms with E-state index in [4.69, 9.17) is 11.6 Å². The molecular weight excluding hydrogens is 374 g/mol. The number of hydrogen-bond acceptors (Lipinski definition) is 2. The molecule has 1 aromatic rings. The van der Waals surface area contributed by atoms with Crippen LogP contribution in [-0.2, 0) is 10.0 Å². The molecule has 2 aliphatic carbocycles. The maximum atomic E-state index is 12.5. The summed E-state index contributed by atoms with van der Waals surface area (Å²) in [6.45, 7) is 1.98. The fourth-order valence-corrected chi connectivity index (χ4v) is 6.33. The van der Waals surface area contributed by atoms with Gasteiger partial charge in [0, 0.05) is 10.5 Å². The molecule has 2 bridgehead atoms. The van der Waals surface area contributed by atoms with Crippen molar-refractivity contribution in [1.82, 2.24) is 4.72 Å². The van der Waals surface area contributed by atoms with Crippen molar-refractivity contribution < 1.29 is 8.42 Å². The first-order valence-electron chi connectivity index (χ1n) is 7.34. The molecule has 3 nitrogen and oxygen atoms in total. The van der Waals surface area contributed by atoms with Gasteiger partial charge in [-0.05, 0) is 62.1 Å². The van der Waals surface area contributed by atoms with Crippen molar-refractivity contribution in [3.63, 3.8) is 0 Å². The normalized spacial score (nSPS) is 29.8. The molecule has 21 heavy (non-hydrogen) atoms. The Bertz CT molecular complexity index is 649. The van der Waals surface area contributed by atoms with Crippen molar-refractivity contribution in [2.45, 2.75) is 43.5 Å². The van der Waals surface area contributed by atoms with Gasteiger partial charge in [0.1, 0.15) is 4.90 Å². The van der Waals surface area contributed by atoms with Crippen LogP contribution in [0.5, 0.6) is 0 Å². The first-order valence-corrected chi connectivity index (χ1v) is 9.99. The fraction of sp³-hybridized carbons (Fsp3) is 0.600. The van der Waals surface area contributed by atoms with Crippen LogP contribution in [0.4, 0.5) is 0 Å². The minimum Gasteiger partial charge on any atom is -0.208 e. The summed E-state index contributed by atoms with van der Waals surface area (Å²) in [4.78, 5) is 0.155. The minimum absolute atomic E-state index is 0.0370. The lowest BCUT2D eigenvalue weighted by atomic mass is 9.84. The molecule has 0 heterocycles. The molecule has 1 N–H and O–H groups in total. The molecule has 3 rings (SSSR count). The van der Waals surface area contributed by atoms with Crippen LogP contribution in [0.15, 0.2) is 27.6 Å². The zero-order chi connectivity index (χ0) is 15.2. The van der Waals surface area contributed by atoms with Gasteiger partial charge in [-0.3, -0.25) is 0 Å². The van der Waals surface area contributed by atoms with Crippen LogP contribution >= 0.6 is 27.5 Å². The molecule has 0 amide bonds. The lowest BCUT2D eigenvalue weighted by Crippen LogP contribution is -2.40. The highest BCUT2D eigenvalue weighted by Gasteiger charge is 2.42. The highest BCUT2D eigenvalue weighted by atomic mass is 79.9. The number of hydrogen-bond donors (Lipinski definition) is 1. The maximum absolute atomic E-state index is 12.5. The van der Waals surface area contributed by atoms with Crippen molar-refractivity contribution in [1.29, 1.82) is 0 Å². The Balaban J connectivity index is 1.76. The van der Waals surface area contributed by atoms with Gasteiger partial charge >= 0.3 is 0 Å². The van der Waals surface area contributed by atoms with E-state index in [-0.39, 0.29) is 16.0 Å². The third kappa shape index (κ3) is 3.16. The van der Waals surface area contributed by atoms with E-state index in [2.05, 4.69) is 20.7 Å². The molecule has 6 heteroatoms. The Morgan fingerprint density at radius 1 is 1.33 bits per heavy atom. The second-order valence-electron chi connectivity index (χ2n) is 6.32. The van der Waals surface area contributed by atoms with E-state index in [1.165, 1.54) is 19.3 Å². The van der Waals surface area contributed by atoms with Crippen molar-refractivity contribution in [2.24, 2.45) is 17.8 Å². The Morgan fingerprint density at radius 2 is 2.10 bits per heavy atom. The van der Waals surface area contributed by atoms with E-state index in [1.807, 2.05) is 6.92 Å². The number of fused-ring (bicyclic) bond motifs is 2. The first kappa shape index (κ1) is 15.8. The summed E-state index contributed by atoms with van der Waals surface area (Å²) in [5, 5.41) is 0.247. The summed E-state index contributed by atoms with van der Waals surface area (Å²) in [5.74, 6) is 1.96. The molecule has 1 aromatic carbocycles. The van der Waals surface area contributed by atoms with E-state index in [9.17, 15) is 8.42 Å². The average Bonchev–Trinajstić information content (AvgIpc) is 2.99. The van der Waals surface area contributed by atoms with Gasteiger partial charge in [0.25, 0.3) is 0 Å². The van der Waals surface area contributed by atoms with Gasteiger partial charge in [-0.15, -0.1) is 0 Å². The molecule has 2 fully saturated rings. The van der Waals surface area contributed by atoms with Crippen LogP contribution in [0.25, 0.3) is 0 Å². The standard InChI is InChI=1S/C15H19BrClNO2S/c1-9(13-7-10-2-3-11(13)6-10)18-21(19,20)15-5-4-12(16)8-14(15)17/h4-5,8-11,13,18H,2-3,6-7H2,1H3. The Morgan fingerprint density at radius 3 is 2.67 bits per heavy atom. The van der Waals surface area contributed by atoms with E-state index >= 15 is 0 Å². The molecule has 4 atom stereocenters. The second kappa shape index (κ2) is 5.84. The van der Waals surface area contributed by atoms with Crippen LogP contribution < -0.4 is 4.72 Å². The van der Waals surface area contributed by atoms with Crippen molar-refractivity contribution in [2.75, 3.05) is 0 Å². The van der Waals surface area contributed by atoms with Gasteiger partial charge in [0.2, 0.25) is 10.0 Å². The summed E-state index contributed by atoms with van der Waals surface area (Å²) in [7, 11) is -3.56. The van der Waals surface area contributed by atoms with E-state index in [0.717, 1.165) is 16.8 Å². The highest BCUT2D eigenvalue weighted by molar-refractivity contribution is 9.10. The molecular formula is C15H19BrClNO2S. The van der Waals surface area contributed by atoms with Crippen molar-refractivity contribution in [3.05, 3.63) is 27.7 Å². The number of rotatable bonds is 4. The zero-order valence-electron chi connectivity index (χ0n) is 11.9. The fourth-order valence-electron chi connectivity index (χ4n) is 4.00. The lowest BCUT2D eigenvalue weighted by Gasteiger charge is -2.28. The topological polar surface area (TPSA) is 46.2 Å². The summed E-state index contributed by atoms with van der Waals surface area (Å²) in [6.07, 6.45) is 5.00. The third-order valence-corrected chi connectivity index (χ3v) is 7.49. The average molecular weight is 393 g/mol. The quantitative estimate of drug-likeness (QED) is 0.834. The Kier molecular flexibility index (Phi) is 4.39. The van der Waals surface area contributed by atoms with Crippen LogP contribution in [0, 0.1) is 17.8 Å². The Hall–Kier alpha value is -0.100. The predicted octanol–water partition coefficient (Wildman–Crippen LogP) is 4.21. The molecule has 116 valence electrons. The number of nitrogens with one attached hydrogen (secondary N) is 1. The van der Waals surface area contributed by atoms with E-state index in [0.29, 0.717) is 11.8 Å². The predicted molar refractivity (Wildman–Crippen MR) is 87.9 cm³/mol. The molecule has 0 saturated heterocycles. The molecule has 0 spiro atoms. The maximum Gasteiger partial charge on any atom is 0.242 e. The van der Waals surface area contributed by atoms with Gasteiger partial charge in [0.15, 0.2) is 0 Å². The number of sulfonamides is 1. The summed E-state index contributed by atoms with van der Waals surface area (Å²) >= 11 is 9.36. The van der Waals surface area contributed by atoms with Gasteiger partial charge in [-0.25, -0.2) is 13.1 Å². The number of benzene rings is 1. The summed E-state index contributed by atoms with van der Waals surface area (Å²) in [5.41, 5.74) is 0.